The van der Waals surface area contributed by atoms with Gasteiger partial charge in [0.2, 0.25) is 6.43 Å². The Morgan fingerprint density at radius 1 is 1.31 bits per heavy atom. The van der Waals surface area contributed by atoms with Crippen LogP contribution in [0.5, 0.6) is 0 Å². The molecule has 0 bridgehead atoms. The zero-order valence-electron chi connectivity index (χ0n) is 8.36. The first-order valence-corrected chi connectivity index (χ1v) is 4.75. The van der Waals surface area contributed by atoms with Gasteiger partial charge in [0, 0.05) is 18.1 Å². The minimum atomic E-state index is -2.39. The van der Waals surface area contributed by atoms with Gasteiger partial charge in [0.15, 0.2) is 11.6 Å². The molecule has 1 aromatic heterocycles. The van der Waals surface area contributed by atoms with E-state index in [0.717, 1.165) is 0 Å². The Morgan fingerprint density at radius 3 is 2.69 bits per heavy atom. The Labute approximate surface area is 90.9 Å². The maximum atomic E-state index is 12.4. The summed E-state index contributed by atoms with van der Waals surface area (Å²) in [6, 6.07) is 8.33. The molecule has 16 heavy (non-hydrogen) atoms. The lowest BCUT2D eigenvalue weighted by atomic mass is 10.0. The molecule has 0 amide bonds. The third-order valence-electron chi connectivity index (χ3n) is 2.19. The van der Waals surface area contributed by atoms with Crippen molar-refractivity contribution in [1.29, 1.82) is 0 Å². The van der Waals surface area contributed by atoms with Gasteiger partial charge >= 0.3 is 0 Å². The van der Waals surface area contributed by atoms with E-state index in [4.69, 9.17) is 10.3 Å². The van der Waals surface area contributed by atoms with E-state index in [0.29, 0.717) is 16.9 Å². The SMILES string of the molecule is Nc1cc(-c2ccccc2CC(F)F)on1. The number of anilines is 1. The highest BCUT2D eigenvalue weighted by atomic mass is 19.3. The highest BCUT2D eigenvalue weighted by Gasteiger charge is 2.13. The molecule has 2 aromatic rings. The molecule has 0 spiro atoms. The van der Waals surface area contributed by atoms with Crippen LogP contribution in [-0.2, 0) is 6.42 Å². The monoisotopic (exact) mass is 224 g/mol. The fourth-order valence-corrected chi connectivity index (χ4v) is 1.52. The minimum absolute atomic E-state index is 0.238. The molecule has 0 aliphatic rings. The quantitative estimate of drug-likeness (QED) is 0.872. The standard InChI is InChI=1S/C11H10F2N2O/c12-10(13)5-7-3-1-2-4-8(7)9-6-11(14)15-16-9/h1-4,6,10H,5H2,(H2,14,15). The van der Waals surface area contributed by atoms with Crippen molar-refractivity contribution in [2.75, 3.05) is 5.73 Å². The smallest absolute Gasteiger partial charge is 0.242 e. The maximum absolute atomic E-state index is 12.4. The van der Waals surface area contributed by atoms with E-state index in [1.54, 1.807) is 24.3 Å². The van der Waals surface area contributed by atoms with Gasteiger partial charge < -0.3 is 10.3 Å². The summed E-state index contributed by atoms with van der Waals surface area (Å²) in [7, 11) is 0. The highest BCUT2D eigenvalue weighted by molar-refractivity contribution is 5.64. The maximum Gasteiger partial charge on any atom is 0.242 e. The molecule has 0 aliphatic heterocycles. The number of aromatic nitrogens is 1. The number of nitrogens with two attached hydrogens (primary N) is 1. The summed E-state index contributed by atoms with van der Waals surface area (Å²) in [4.78, 5) is 0. The largest absolute Gasteiger partial charge is 0.381 e. The molecular formula is C11H10F2N2O. The fourth-order valence-electron chi connectivity index (χ4n) is 1.52. The molecule has 84 valence electrons. The Bertz CT molecular complexity index is 482. The Kier molecular flexibility index (Phi) is 2.85. The van der Waals surface area contributed by atoms with Crippen LogP contribution in [0, 0.1) is 0 Å². The van der Waals surface area contributed by atoms with E-state index in [1.807, 2.05) is 0 Å². The average molecular weight is 224 g/mol. The number of hydrogen-bond donors (Lipinski definition) is 1. The molecule has 0 unspecified atom stereocenters. The molecule has 1 aromatic carbocycles. The third-order valence-corrected chi connectivity index (χ3v) is 2.19. The van der Waals surface area contributed by atoms with Crippen LogP contribution >= 0.6 is 0 Å². The molecule has 0 fully saturated rings. The van der Waals surface area contributed by atoms with Gasteiger partial charge in [0.1, 0.15) is 0 Å². The topological polar surface area (TPSA) is 52.0 Å². The summed E-state index contributed by atoms with van der Waals surface area (Å²) in [6.45, 7) is 0. The molecule has 1 heterocycles. The molecule has 2 N–H and O–H groups in total. The van der Waals surface area contributed by atoms with Gasteiger partial charge in [0.05, 0.1) is 0 Å². The summed E-state index contributed by atoms with van der Waals surface area (Å²) in [5.74, 6) is 0.649. The predicted octanol–water partition coefficient (Wildman–Crippen LogP) is 2.73. The molecule has 5 heteroatoms. The molecule has 0 saturated heterocycles. The van der Waals surface area contributed by atoms with E-state index < -0.39 is 6.43 Å². The van der Waals surface area contributed by atoms with E-state index in [9.17, 15) is 8.78 Å². The van der Waals surface area contributed by atoms with Gasteiger partial charge in [0.25, 0.3) is 0 Å². The fraction of sp³-hybridized carbons (Fsp3) is 0.182. The van der Waals surface area contributed by atoms with Crippen molar-refractivity contribution in [2.24, 2.45) is 0 Å². The van der Waals surface area contributed by atoms with Crippen LogP contribution in [0.25, 0.3) is 11.3 Å². The summed E-state index contributed by atoms with van der Waals surface area (Å²) >= 11 is 0. The van der Waals surface area contributed by atoms with Crippen LogP contribution in [0.1, 0.15) is 5.56 Å². The lowest BCUT2D eigenvalue weighted by molar-refractivity contribution is 0.149. The van der Waals surface area contributed by atoms with Crippen LogP contribution in [0.3, 0.4) is 0 Å². The Morgan fingerprint density at radius 2 is 2.06 bits per heavy atom. The van der Waals surface area contributed by atoms with Crippen LogP contribution in [-0.4, -0.2) is 11.6 Å². The minimum Gasteiger partial charge on any atom is -0.381 e. The molecular weight excluding hydrogens is 214 g/mol. The van der Waals surface area contributed by atoms with Crippen molar-refractivity contribution in [1.82, 2.24) is 5.16 Å². The van der Waals surface area contributed by atoms with Crippen molar-refractivity contribution in [3.63, 3.8) is 0 Å². The number of alkyl halides is 2. The van der Waals surface area contributed by atoms with Gasteiger partial charge in [-0.05, 0) is 5.56 Å². The van der Waals surface area contributed by atoms with Crippen LogP contribution in [0.4, 0.5) is 14.6 Å². The number of halogens is 2. The number of nitrogen functional groups attached to an aromatic ring is 1. The third kappa shape index (κ3) is 2.18. The Hall–Kier alpha value is -1.91. The summed E-state index contributed by atoms with van der Waals surface area (Å²) < 4.78 is 29.7. The summed E-state index contributed by atoms with van der Waals surface area (Å²) in [5, 5.41) is 3.53. The van der Waals surface area contributed by atoms with Crippen molar-refractivity contribution in [3.05, 3.63) is 35.9 Å². The van der Waals surface area contributed by atoms with Gasteiger partial charge in [-0.25, -0.2) is 8.78 Å². The van der Waals surface area contributed by atoms with Crippen molar-refractivity contribution >= 4 is 5.82 Å². The highest BCUT2D eigenvalue weighted by Crippen LogP contribution is 2.26. The van der Waals surface area contributed by atoms with E-state index in [1.165, 1.54) is 6.07 Å². The van der Waals surface area contributed by atoms with Crippen molar-refractivity contribution in [2.45, 2.75) is 12.8 Å². The first kappa shape index (κ1) is 10.6. The van der Waals surface area contributed by atoms with Crippen molar-refractivity contribution in [3.8, 4) is 11.3 Å². The second kappa shape index (κ2) is 4.30. The van der Waals surface area contributed by atoms with Crippen LogP contribution in [0.2, 0.25) is 0 Å². The predicted molar refractivity (Wildman–Crippen MR) is 56.1 cm³/mol. The number of nitrogens with zero attached hydrogens (tertiary/aromatic N) is 1. The second-order valence-corrected chi connectivity index (χ2v) is 3.37. The molecule has 0 atom stereocenters. The summed E-state index contributed by atoms with van der Waals surface area (Å²) in [6.07, 6.45) is -2.70. The first-order valence-electron chi connectivity index (χ1n) is 4.75. The van der Waals surface area contributed by atoms with E-state index in [2.05, 4.69) is 5.16 Å². The molecule has 0 radical (unpaired) electrons. The van der Waals surface area contributed by atoms with Gasteiger partial charge in [-0.15, -0.1) is 0 Å². The molecule has 0 saturated carbocycles. The number of benzene rings is 1. The van der Waals surface area contributed by atoms with Crippen molar-refractivity contribution < 1.29 is 13.3 Å². The normalized spacial score (nSPS) is 10.9. The molecule has 0 aliphatic carbocycles. The van der Waals surface area contributed by atoms with Crippen LogP contribution < -0.4 is 5.73 Å². The number of rotatable bonds is 3. The van der Waals surface area contributed by atoms with E-state index >= 15 is 0 Å². The zero-order valence-corrected chi connectivity index (χ0v) is 8.36. The van der Waals surface area contributed by atoms with Gasteiger partial charge in [-0.1, -0.05) is 29.4 Å². The second-order valence-electron chi connectivity index (χ2n) is 3.37. The Balaban J connectivity index is 2.40. The number of hydrogen-bond acceptors (Lipinski definition) is 3. The molecule has 2 rings (SSSR count). The lowest BCUT2D eigenvalue weighted by Crippen LogP contribution is -1.98. The average Bonchev–Trinajstić information content (AvgIpc) is 2.65. The van der Waals surface area contributed by atoms with Crippen LogP contribution in [0.15, 0.2) is 34.9 Å². The zero-order chi connectivity index (χ0) is 11.5. The molecule has 3 nitrogen and oxygen atoms in total. The summed E-state index contributed by atoms with van der Waals surface area (Å²) in [5.41, 5.74) is 6.54. The van der Waals surface area contributed by atoms with E-state index in [-0.39, 0.29) is 12.2 Å². The first-order chi connectivity index (χ1) is 7.66. The lowest BCUT2D eigenvalue weighted by Gasteiger charge is -2.05. The van der Waals surface area contributed by atoms with Gasteiger partial charge in [-0.2, -0.15) is 0 Å². The van der Waals surface area contributed by atoms with Gasteiger partial charge in [-0.3, -0.25) is 0 Å².